The number of nitrogens with one attached hydrogen (secondary N) is 1. The molecule has 78 valence electrons. The van der Waals surface area contributed by atoms with Crippen LogP contribution < -0.4 is 5.32 Å². The molecule has 1 nitrogen and oxygen atoms in total. The molecule has 0 aliphatic heterocycles. The van der Waals surface area contributed by atoms with Crippen LogP contribution in [-0.4, -0.2) is 13.1 Å². The molecule has 1 aromatic carbocycles. The van der Waals surface area contributed by atoms with Gasteiger partial charge in [0.1, 0.15) is 5.82 Å². The summed E-state index contributed by atoms with van der Waals surface area (Å²) in [5.74, 6) is -0.320. The maximum atomic E-state index is 13.5. The second-order valence-electron chi connectivity index (χ2n) is 2.94. The number of benzene rings is 1. The molecule has 1 rings (SSSR count). The van der Waals surface area contributed by atoms with Gasteiger partial charge in [0.15, 0.2) is 0 Å². The van der Waals surface area contributed by atoms with E-state index in [4.69, 9.17) is 11.6 Å². The van der Waals surface area contributed by atoms with Gasteiger partial charge in [0, 0.05) is 4.47 Å². The summed E-state index contributed by atoms with van der Waals surface area (Å²) in [5.41, 5.74) is 0.652. The summed E-state index contributed by atoms with van der Waals surface area (Å²) < 4.78 is 14.1. The fraction of sp³-hybridized carbons (Fsp3) is 0.400. The summed E-state index contributed by atoms with van der Waals surface area (Å²) in [6.45, 7) is 3.68. The Kier molecular flexibility index (Phi) is 4.85. The molecule has 0 heterocycles. The molecule has 0 saturated carbocycles. The van der Waals surface area contributed by atoms with E-state index in [2.05, 4.69) is 21.2 Å². The van der Waals surface area contributed by atoms with E-state index in [1.165, 1.54) is 0 Å². The molecule has 0 fully saturated rings. The van der Waals surface area contributed by atoms with E-state index < -0.39 is 0 Å². The first-order valence-corrected chi connectivity index (χ1v) is 5.67. The van der Waals surface area contributed by atoms with Crippen molar-refractivity contribution in [2.75, 3.05) is 13.1 Å². The van der Waals surface area contributed by atoms with Gasteiger partial charge < -0.3 is 5.32 Å². The number of hydrogen-bond acceptors (Lipinski definition) is 1. The molecule has 1 aromatic rings. The Labute approximate surface area is 96.8 Å². The first-order valence-electron chi connectivity index (χ1n) is 4.50. The van der Waals surface area contributed by atoms with Gasteiger partial charge in [-0.3, -0.25) is 0 Å². The Morgan fingerprint density at radius 2 is 2.21 bits per heavy atom. The summed E-state index contributed by atoms with van der Waals surface area (Å²) in [4.78, 5) is 0. The molecule has 0 atom stereocenters. The third-order valence-electron chi connectivity index (χ3n) is 1.94. The molecule has 0 aliphatic carbocycles. The standard InChI is InChI=1S/C10H12BrClFN/c1-2-14-6-5-7-3-4-8(11)9(12)10(7)13/h3-4,14H,2,5-6H2,1H3. The molecule has 0 spiro atoms. The molecule has 0 aromatic heterocycles. The molecule has 1 N–H and O–H groups in total. The second kappa shape index (κ2) is 5.69. The number of halogens is 3. The van der Waals surface area contributed by atoms with Crippen molar-refractivity contribution in [3.8, 4) is 0 Å². The van der Waals surface area contributed by atoms with Crippen LogP contribution in [0.4, 0.5) is 4.39 Å². The predicted octanol–water partition coefficient (Wildman–Crippen LogP) is 3.39. The highest BCUT2D eigenvalue weighted by Crippen LogP contribution is 2.27. The van der Waals surface area contributed by atoms with Crippen LogP contribution in [0.1, 0.15) is 12.5 Å². The van der Waals surface area contributed by atoms with Gasteiger partial charge in [-0.15, -0.1) is 0 Å². The summed E-state index contributed by atoms with van der Waals surface area (Å²) >= 11 is 8.93. The monoisotopic (exact) mass is 279 g/mol. The average molecular weight is 281 g/mol. The largest absolute Gasteiger partial charge is 0.317 e. The van der Waals surface area contributed by atoms with Crippen molar-refractivity contribution in [1.82, 2.24) is 5.32 Å². The van der Waals surface area contributed by atoms with Crippen molar-refractivity contribution in [3.63, 3.8) is 0 Å². The zero-order valence-corrected chi connectivity index (χ0v) is 10.3. The van der Waals surface area contributed by atoms with Crippen LogP contribution >= 0.6 is 27.5 Å². The molecular weight excluding hydrogens is 268 g/mol. The first kappa shape index (κ1) is 12.0. The third-order valence-corrected chi connectivity index (χ3v) is 3.19. The lowest BCUT2D eigenvalue weighted by Gasteiger charge is -2.06. The van der Waals surface area contributed by atoms with E-state index in [-0.39, 0.29) is 10.8 Å². The molecule has 0 amide bonds. The second-order valence-corrected chi connectivity index (χ2v) is 4.17. The van der Waals surface area contributed by atoms with Gasteiger partial charge in [-0.25, -0.2) is 4.39 Å². The molecule has 0 saturated heterocycles. The van der Waals surface area contributed by atoms with Crippen LogP contribution in [-0.2, 0) is 6.42 Å². The number of rotatable bonds is 4. The van der Waals surface area contributed by atoms with Crippen LogP contribution in [0.5, 0.6) is 0 Å². The fourth-order valence-corrected chi connectivity index (χ4v) is 1.65. The van der Waals surface area contributed by atoms with E-state index in [1.807, 2.05) is 6.92 Å². The van der Waals surface area contributed by atoms with Crippen molar-refractivity contribution < 1.29 is 4.39 Å². The highest BCUT2D eigenvalue weighted by atomic mass is 79.9. The maximum Gasteiger partial charge on any atom is 0.146 e. The molecule has 0 radical (unpaired) electrons. The van der Waals surface area contributed by atoms with Gasteiger partial charge in [0.25, 0.3) is 0 Å². The Morgan fingerprint density at radius 3 is 2.86 bits per heavy atom. The number of likely N-dealkylation sites (N-methyl/N-ethyl adjacent to an activating group) is 1. The number of hydrogen-bond donors (Lipinski definition) is 1. The maximum absolute atomic E-state index is 13.5. The molecular formula is C10H12BrClFN. The summed E-state index contributed by atoms with van der Waals surface area (Å²) in [6.07, 6.45) is 0.659. The van der Waals surface area contributed by atoms with Gasteiger partial charge in [0.05, 0.1) is 5.02 Å². The Bertz CT molecular complexity index is 317. The molecule has 0 bridgehead atoms. The minimum absolute atomic E-state index is 0.166. The van der Waals surface area contributed by atoms with Crippen molar-refractivity contribution in [2.24, 2.45) is 0 Å². The lowest BCUT2D eigenvalue weighted by atomic mass is 10.1. The average Bonchev–Trinajstić information content (AvgIpc) is 2.18. The van der Waals surface area contributed by atoms with Crippen molar-refractivity contribution >= 4 is 27.5 Å². The van der Waals surface area contributed by atoms with Crippen LogP contribution in [0.25, 0.3) is 0 Å². The minimum Gasteiger partial charge on any atom is -0.317 e. The Hall–Kier alpha value is -0.120. The van der Waals surface area contributed by atoms with E-state index in [0.29, 0.717) is 16.5 Å². The summed E-state index contributed by atoms with van der Waals surface area (Å²) in [7, 11) is 0. The Morgan fingerprint density at radius 1 is 1.50 bits per heavy atom. The third kappa shape index (κ3) is 2.94. The molecule has 0 aliphatic rings. The van der Waals surface area contributed by atoms with E-state index in [9.17, 15) is 4.39 Å². The highest BCUT2D eigenvalue weighted by Gasteiger charge is 2.09. The van der Waals surface area contributed by atoms with Crippen LogP contribution in [0, 0.1) is 5.82 Å². The predicted molar refractivity (Wildman–Crippen MR) is 61.4 cm³/mol. The van der Waals surface area contributed by atoms with E-state index in [1.54, 1.807) is 12.1 Å². The SMILES string of the molecule is CCNCCc1ccc(Br)c(Cl)c1F. The van der Waals surface area contributed by atoms with Crippen LogP contribution in [0.3, 0.4) is 0 Å². The smallest absolute Gasteiger partial charge is 0.146 e. The lowest BCUT2D eigenvalue weighted by molar-refractivity contribution is 0.600. The normalized spacial score (nSPS) is 10.6. The van der Waals surface area contributed by atoms with Gasteiger partial charge >= 0.3 is 0 Å². The fourth-order valence-electron chi connectivity index (χ4n) is 1.16. The van der Waals surface area contributed by atoms with E-state index in [0.717, 1.165) is 13.1 Å². The van der Waals surface area contributed by atoms with Gasteiger partial charge in [0.2, 0.25) is 0 Å². The van der Waals surface area contributed by atoms with Gasteiger partial charge in [-0.1, -0.05) is 24.6 Å². The quantitative estimate of drug-likeness (QED) is 0.658. The van der Waals surface area contributed by atoms with Crippen molar-refractivity contribution in [2.45, 2.75) is 13.3 Å². The van der Waals surface area contributed by atoms with Crippen LogP contribution in [0.15, 0.2) is 16.6 Å². The molecule has 14 heavy (non-hydrogen) atoms. The molecule has 0 unspecified atom stereocenters. The summed E-state index contributed by atoms with van der Waals surface area (Å²) in [6, 6.07) is 3.52. The zero-order chi connectivity index (χ0) is 10.6. The van der Waals surface area contributed by atoms with Gasteiger partial charge in [-0.05, 0) is 47.1 Å². The Balaban J connectivity index is 2.73. The van der Waals surface area contributed by atoms with Crippen LogP contribution in [0.2, 0.25) is 5.02 Å². The van der Waals surface area contributed by atoms with Crippen molar-refractivity contribution in [1.29, 1.82) is 0 Å². The first-order chi connectivity index (χ1) is 6.66. The lowest BCUT2D eigenvalue weighted by Crippen LogP contribution is -2.16. The molecule has 4 heteroatoms. The van der Waals surface area contributed by atoms with Crippen molar-refractivity contribution in [3.05, 3.63) is 33.0 Å². The summed E-state index contributed by atoms with van der Waals surface area (Å²) in [5, 5.41) is 3.30. The minimum atomic E-state index is -0.320. The van der Waals surface area contributed by atoms with E-state index >= 15 is 0 Å². The highest BCUT2D eigenvalue weighted by molar-refractivity contribution is 9.10. The van der Waals surface area contributed by atoms with Gasteiger partial charge in [-0.2, -0.15) is 0 Å². The topological polar surface area (TPSA) is 12.0 Å². The zero-order valence-electron chi connectivity index (χ0n) is 7.91.